The first-order chi connectivity index (χ1) is 36.0. The van der Waals surface area contributed by atoms with E-state index in [9.17, 15) is 38.7 Å². The van der Waals surface area contributed by atoms with Gasteiger partial charge in [0.1, 0.15) is 28.8 Å². The molecule has 0 bridgehead atoms. The molecule has 0 heterocycles. The van der Waals surface area contributed by atoms with Gasteiger partial charge in [-0.1, -0.05) is 66.8 Å². The summed E-state index contributed by atoms with van der Waals surface area (Å²) in [4.78, 5) is 73.6. The molecule has 12 N–H and O–H groups in total. The fourth-order valence-corrected chi connectivity index (χ4v) is 6.49. The number of phenols is 4. The van der Waals surface area contributed by atoms with Gasteiger partial charge in [0.2, 0.25) is 0 Å². The second-order valence-corrected chi connectivity index (χ2v) is 15.8. The minimum Gasteiger partial charge on any atom is -0.508 e. The molecule has 0 saturated heterocycles. The molecule has 0 amide bonds. The first-order valence-corrected chi connectivity index (χ1v) is 21.9. The van der Waals surface area contributed by atoms with Crippen LogP contribution in [-0.4, -0.2) is 103 Å². The molecule has 0 aromatic heterocycles. The zero-order chi connectivity index (χ0) is 56.1. The summed E-state index contributed by atoms with van der Waals surface area (Å²) in [6, 6.07) is 39.0. The summed E-state index contributed by atoms with van der Waals surface area (Å²) in [6.07, 6.45) is 10.2. The van der Waals surface area contributed by atoms with Crippen LogP contribution in [0.3, 0.4) is 0 Å². The number of phenolic OH excluding ortho intramolecular Hbond substituents is 4. The summed E-state index contributed by atoms with van der Waals surface area (Å²) in [5, 5.41) is 106. The van der Waals surface area contributed by atoms with Crippen molar-refractivity contribution < 1.29 is 94.8 Å². The number of carboxylic acid groups (broad SMARTS) is 7. The number of hydrogen-bond donors (Lipinski definition) is 12. The number of carbonyl (C=O) groups is 7. The van der Waals surface area contributed by atoms with E-state index in [1.54, 1.807) is 66.8 Å². The molecule has 0 spiro atoms. The number of aromatic carboxylic acids is 6. The van der Waals surface area contributed by atoms with E-state index in [2.05, 4.69) is 0 Å². The van der Waals surface area contributed by atoms with E-state index in [1.807, 2.05) is 30.3 Å². The van der Waals surface area contributed by atoms with Crippen LogP contribution in [0.4, 0.5) is 0 Å². The zero-order valence-corrected chi connectivity index (χ0v) is 39.4. The van der Waals surface area contributed by atoms with Crippen LogP contribution >= 0.6 is 0 Å². The molecule has 9 rings (SSSR count). The van der Waals surface area contributed by atoms with Crippen LogP contribution in [-0.2, 0) is 4.79 Å². The van der Waals surface area contributed by atoms with Crippen LogP contribution in [0, 0.1) is 11.8 Å². The van der Waals surface area contributed by atoms with Crippen LogP contribution < -0.4 is 0 Å². The Kier molecular flexibility index (Phi) is 20.9. The Labute approximate surface area is 431 Å². The Morgan fingerprint density at radius 1 is 0.303 bits per heavy atom. The summed E-state index contributed by atoms with van der Waals surface area (Å²) >= 11 is 0. The highest BCUT2D eigenvalue weighted by atomic mass is 16.4. The Hall–Kier alpha value is -11.0. The molecule has 388 valence electrons. The molecular formula is C57H46O19. The summed E-state index contributed by atoms with van der Waals surface area (Å²) in [5.41, 5.74) is 2.85. The topological polar surface area (TPSA) is 362 Å². The van der Waals surface area contributed by atoms with Crippen molar-refractivity contribution in [3.8, 4) is 34.1 Å². The number of rotatable bonds is 8. The molecule has 19 heteroatoms. The molecule has 7 aromatic rings. The quantitative estimate of drug-likeness (QED) is 0.0629. The monoisotopic (exact) mass is 1030 g/mol. The van der Waals surface area contributed by atoms with Crippen molar-refractivity contribution in [2.75, 3.05) is 0 Å². The largest absolute Gasteiger partial charge is 0.508 e. The molecular weight excluding hydrogens is 989 g/mol. The molecule has 76 heavy (non-hydrogen) atoms. The maximum atomic E-state index is 10.7. The van der Waals surface area contributed by atoms with E-state index in [0.29, 0.717) is 16.3 Å². The Morgan fingerprint density at radius 3 is 0.947 bits per heavy atom. The fraction of sp³-hybridized carbons (Fsp3) is 0.0351. The lowest BCUT2D eigenvalue weighted by molar-refractivity contribution is -0.132. The van der Waals surface area contributed by atoms with E-state index >= 15 is 0 Å². The third-order valence-corrected chi connectivity index (χ3v) is 10.4. The highest BCUT2D eigenvalue weighted by Gasteiger charge is 2.22. The van der Waals surface area contributed by atoms with E-state index in [-0.39, 0.29) is 74.0 Å². The predicted octanol–water partition coefficient (Wildman–Crippen LogP) is 10.1. The standard InChI is InChI=1S/C12H8O4.C12H10O2.C11H10O3.2C8H6O4.C6H6O2/c13-11(14)9-3-1-7-5-10(12(15)16)4-2-8(7)6-9;13-11-5-1-9(2-6-11)10-3-7-12(14)8-4-10;12-10-4-3-7-5-9(11(13)14)2-1-8(7)6-10;9-7(10)5-1-2-6(4-3-5)8(11)12;9-7(10)5-2-1-3-6(4-5)8(11)12;7-5-1-2-6(8)4-3-5/h1-6H,(H,13,14)(H,15,16);1-8,13-14H;1-8,12H,(H,13,14);2*1-4H,(H,9,10)(H,11,12);1-4,7-8H. The van der Waals surface area contributed by atoms with E-state index in [0.717, 1.165) is 17.2 Å². The predicted molar refractivity (Wildman–Crippen MR) is 275 cm³/mol. The second-order valence-electron chi connectivity index (χ2n) is 15.8. The molecule has 0 saturated carbocycles. The van der Waals surface area contributed by atoms with Crippen molar-refractivity contribution in [1.29, 1.82) is 0 Å². The van der Waals surface area contributed by atoms with Crippen LogP contribution in [0.2, 0.25) is 0 Å². The van der Waals surface area contributed by atoms with Crippen LogP contribution in [0.15, 0.2) is 206 Å². The average molecular weight is 1030 g/mol. The lowest BCUT2D eigenvalue weighted by Crippen LogP contribution is -2.15. The van der Waals surface area contributed by atoms with Crippen LogP contribution in [0.5, 0.6) is 23.0 Å². The van der Waals surface area contributed by atoms with Crippen molar-refractivity contribution in [3.63, 3.8) is 0 Å². The summed E-state index contributed by atoms with van der Waals surface area (Å²) in [5.74, 6) is -6.05. The summed E-state index contributed by atoms with van der Waals surface area (Å²) in [6.45, 7) is 0. The van der Waals surface area contributed by atoms with Gasteiger partial charge in [0.25, 0.3) is 0 Å². The van der Waals surface area contributed by atoms with E-state index < -0.39 is 41.8 Å². The molecule has 0 fully saturated rings. The molecule has 2 aliphatic carbocycles. The third-order valence-electron chi connectivity index (χ3n) is 10.4. The molecule has 0 radical (unpaired) electrons. The van der Waals surface area contributed by atoms with E-state index in [1.165, 1.54) is 91.0 Å². The number of allylic oxidation sites excluding steroid dienone is 5. The van der Waals surface area contributed by atoms with Crippen LogP contribution in [0.25, 0.3) is 21.9 Å². The number of hydrogen-bond acceptors (Lipinski definition) is 12. The van der Waals surface area contributed by atoms with Gasteiger partial charge in [-0.15, -0.1) is 0 Å². The first-order valence-electron chi connectivity index (χ1n) is 21.9. The lowest BCUT2D eigenvalue weighted by Gasteiger charge is -2.22. The Morgan fingerprint density at radius 2 is 0.605 bits per heavy atom. The third kappa shape index (κ3) is 18.3. The average Bonchev–Trinajstić information content (AvgIpc) is 3.40. The SMILES string of the molecule is O=C(O)C1=CC2C=CC(O)=CC2C=C1.O=C(O)c1ccc(C(=O)O)cc1.O=C(O)c1ccc2cc(C(=O)O)ccc2c1.O=C(O)c1cccc(C(=O)O)c1.Oc1ccc(-c2ccc(O)cc2)cc1.Oc1ccc(O)cc1. The first kappa shape index (κ1) is 57.6. The highest BCUT2D eigenvalue weighted by molar-refractivity contribution is 5.98. The number of carboxylic acids is 7. The number of aliphatic carboxylic acids is 1. The number of benzene rings is 7. The molecule has 2 atom stereocenters. The number of aromatic hydroxyl groups is 4. The van der Waals surface area contributed by atoms with Crippen molar-refractivity contribution >= 4 is 52.6 Å². The van der Waals surface area contributed by atoms with E-state index in [4.69, 9.17) is 56.2 Å². The minimum absolute atomic E-state index is 0.0186. The van der Waals surface area contributed by atoms with Gasteiger partial charge in [0, 0.05) is 11.8 Å². The van der Waals surface area contributed by atoms with Crippen molar-refractivity contribution in [2.45, 2.75) is 0 Å². The minimum atomic E-state index is -1.13. The van der Waals surface area contributed by atoms with Gasteiger partial charge >= 0.3 is 41.8 Å². The molecule has 2 unspecified atom stereocenters. The van der Waals surface area contributed by atoms with Gasteiger partial charge in [-0.25, -0.2) is 33.6 Å². The number of aliphatic hydroxyl groups is 1. The van der Waals surface area contributed by atoms with Crippen molar-refractivity contribution in [2.24, 2.45) is 11.8 Å². The smallest absolute Gasteiger partial charge is 0.335 e. The highest BCUT2D eigenvalue weighted by Crippen LogP contribution is 2.30. The van der Waals surface area contributed by atoms with Crippen molar-refractivity contribution in [1.82, 2.24) is 0 Å². The molecule has 7 aromatic carbocycles. The van der Waals surface area contributed by atoms with Gasteiger partial charge in [-0.3, -0.25) is 0 Å². The zero-order valence-electron chi connectivity index (χ0n) is 39.4. The second kappa shape index (κ2) is 27.6. The summed E-state index contributed by atoms with van der Waals surface area (Å²) < 4.78 is 0. The molecule has 19 nitrogen and oxygen atoms in total. The molecule has 2 aliphatic rings. The van der Waals surface area contributed by atoms with Gasteiger partial charge in [0.15, 0.2) is 0 Å². The number of fused-ring (bicyclic) bond motifs is 2. The fourth-order valence-electron chi connectivity index (χ4n) is 6.49. The van der Waals surface area contributed by atoms with Gasteiger partial charge in [0.05, 0.1) is 39.0 Å². The van der Waals surface area contributed by atoms with Gasteiger partial charge < -0.3 is 61.3 Å². The normalized spacial score (nSPS) is 13.3. The maximum Gasteiger partial charge on any atom is 0.335 e. The van der Waals surface area contributed by atoms with Gasteiger partial charge in [-0.05, 0) is 149 Å². The molecule has 0 aliphatic heterocycles. The lowest BCUT2D eigenvalue weighted by atomic mass is 9.82. The Balaban J connectivity index is 0.000000199. The maximum absolute atomic E-state index is 10.7. The van der Waals surface area contributed by atoms with Crippen LogP contribution in [0.1, 0.15) is 62.1 Å². The van der Waals surface area contributed by atoms with Crippen molar-refractivity contribution in [3.05, 3.63) is 239 Å². The Bertz CT molecular complexity index is 3150. The summed E-state index contributed by atoms with van der Waals surface area (Å²) in [7, 11) is 0. The number of aliphatic hydroxyl groups excluding tert-OH is 1. The van der Waals surface area contributed by atoms with Gasteiger partial charge in [-0.2, -0.15) is 0 Å².